The molecule has 13 amide bonds. The van der Waals surface area contributed by atoms with Gasteiger partial charge in [-0.05, 0) is 182 Å². The minimum Gasteiger partial charge on any atom is -0.481 e. The van der Waals surface area contributed by atoms with Gasteiger partial charge in [0.05, 0.1) is 35.6 Å². The highest BCUT2D eigenvalue weighted by molar-refractivity contribution is 7.09. The summed E-state index contributed by atoms with van der Waals surface area (Å²) in [6.07, 6.45) is 34.0. The molecular weight excluding hydrogens is 1610 g/mol. The third-order valence-electron chi connectivity index (χ3n) is 26.1. The number of benzene rings is 1. The molecule has 2 aromatic rings. The number of piperidine rings is 1. The topological polar surface area (TPSA) is 392 Å². The highest BCUT2D eigenvalue weighted by Gasteiger charge is 2.62. The summed E-state index contributed by atoms with van der Waals surface area (Å²) in [6.45, 7) is 25.1. The number of anilines is 1. The van der Waals surface area contributed by atoms with E-state index in [4.69, 9.17) is 10.5 Å². The Labute approximate surface area is 740 Å². The van der Waals surface area contributed by atoms with Gasteiger partial charge in [-0.25, -0.2) is 4.98 Å². The molecule has 680 valence electrons. The molecular formula is C95H132N12O17S. The molecule has 5 aliphatic heterocycles. The molecule has 0 radical (unpaired) electrons. The number of imide groups is 4. The monoisotopic (exact) mass is 1740 g/mol. The number of carboxylic acid groups (broad SMARTS) is 1. The van der Waals surface area contributed by atoms with E-state index in [1.165, 1.54) is 72.1 Å². The van der Waals surface area contributed by atoms with Crippen LogP contribution in [0, 0.1) is 82.9 Å². The van der Waals surface area contributed by atoms with Gasteiger partial charge < -0.3 is 41.7 Å². The fourth-order valence-electron chi connectivity index (χ4n) is 18.2. The summed E-state index contributed by atoms with van der Waals surface area (Å²) in [7, 11) is 6.59. The lowest BCUT2D eigenvalue weighted by molar-refractivity contribution is -0.150. The van der Waals surface area contributed by atoms with Crippen LogP contribution in [0.5, 0.6) is 0 Å². The van der Waals surface area contributed by atoms with Crippen molar-refractivity contribution in [3.63, 3.8) is 0 Å². The number of amides is 13. The molecule has 6 aliphatic carbocycles. The summed E-state index contributed by atoms with van der Waals surface area (Å²) in [4.78, 5) is 199. The van der Waals surface area contributed by atoms with Crippen molar-refractivity contribution in [1.29, 1.82) is 0 Å². The van der Waals surface area contributed by atoms with E-state index in [0.29, 0.717) is 117 Å². The van der Waals surface area contributed by atoms with Crippen molar-refractivity contribution >= 4 is 106 Å². The third-order valence-corrected chi connectivity index (χ3v) is 27.0. The molecule has 30 heteroatoms. The number of carbonyl (C=O) groups excluding carboxylic acids is 14. The van der Waals surface area contributed by atoms with E-state index >= 15 is 0 Å². The second-order valence-electron chi connectivity index (χ2n) is 35.5. The minimum absolute atomic E-state index is 0.0312. The summed E-state index contributed by atoms with van der Waals surface area (Å²) >= 11 is 1.13. The molecule has 4 bridgehead atoms. The Morgan fingerprint density at radius 2 is 1.19 bits per heavy atom. The third kappa shape index (κ3) is 26.1. The van der Waals surface area contributed by atoms with E-state index in [1.807, 2.05) is 46.6 Å². The number of aromatic nitrogens is 1. The van der Waals surface area contributed by atoms with Crippen LogP contribution in [0.3, 0.4) is 0 Å². The van der Waals surface area contributed by atoms with Crippen molar-refractivity contribution in [3.8, 4) is 0 Å². The Balaban J connectivity index is 0.000000312. The van der Waals surface area contributed by atoms with E-state index in [1.54, 1.807) is 55.6 Å². The van der Waals surface area contributed by atoms with Crippen molar-refractivity contribution in [2.45, 2.75) is 216 Å². The number of allylic oxidation sites excluding steroid dienone is 12. The number of carboxylic acids is 1. The molecule has 125 heavy (non-hydrogen) atoms. The van der Waals surface area contributed by atoms with Gasteiger partial charge >= 0.3 is 11.9 Å². The quantitative estimate of drug-likeness (QED) is 0.0171. The largest absolute Gasteiger partial charge is 0.481 e. The summed E-state index contributed by atoms with van der Waals surface area (Å²) in [5.74, 6) is -3.02. The van der Waals surface area contributed by atoms with Crippen LogP contribution in [0.15, 0.2) is 126 Å². The minimum atomic E-state index is -1.04. The fraction of sp³-hybridized carbons (Fsp3) is 0.579. The predicted octanol–water partition coefficient (Wildman–Crippen LogP) is 10.4. The zero-order valence-electron chi connectivity index (χ0n) is 75.5. The first-order valence-electron chi connectivity index (χ1n) is 44.4. The van der Waals surface area contributed by atoms with Gasteiger partial charge in [0, 0.05) is 101 Å². The second-order valence-corrected chi connectivity index (χ2v) is 36.4. The first-order chi connectivity index (χ1) is 59.3. The average molecular weight is 1750 g/mol. The second kappa shape index (κ2) is 46.7. The zero-order chi connectivity index (χ0) is 92.0. The molecule has 3 saturated heterocycles. The van der Waals surface area contributed by atoms with E-state index in [0.717, 1.165) is 39.7 Å². The Hall–Kier alpha value is -10.5. The molecule has 1 aromatic carbocycles. The zero-order valence-corrected chi connectivity index (χ0v) is 76.4. The number of likely N-dealkylation sites (N-methyl/N-ethyl adjacent to an activating group) is 3. The molecule has 6 heterocycles. The van der Waals surface area contributed by atoms with Crippen molar-refractivity contribution < 1.29 is 81.8 Å². The molecule has 13 rings (SSSR count). The molecule has 0 spiro atoms. The lowest BCUT2D eigenvalue weighted by Gasteiger charge is -2.40. The Bertz CT molecular complexity index is 4320. The van der Waals surface area contributed by atoms with Crippen LogP contribution >= 0.6 is 11.3 Å². The van der Waals surface area contributed by atoms with Crippen LogP contribution in [0.2, 0.25) is 0 Å². The number of thiazole rings is 1. The standard InChI is InChI=1S/C56H85N9O11S.2C11H13NO2.2C6H8.C5H5NO2/c1-10-36(6)50(62-53(72)45-29-35(5)25-28-63(45)9)55(73)64(11-2)44(34(3)4)32-46(76-38(8)66)54-61-43(33-77-54)52(71)59-41(30-37(7)56(74)75)31-39-19-21-40(22-20-39)58-51(70)42(17-14-15-26-57)60-47(67)18-13-12-16-27-65-48(68)23-24-49(65)69;2*1-5-6-3-4-7(5)9-8(6)10(13)12(2)11(9)14;2*1-6-4-2-3-5-6;1-6-4(7)2-3-5(6)8/h19-24,33-37,41-42,44-46,50H,10-18,25-32,57H2,1-9H3,(H,58,70)(H,59,71)(H,60,67)(H,62,72)(H,74,75);2*3-9H,1-2H3;2*2-4H,5H2,1H3;2-3H,1H3/t35-,36?,37+,41-,42?,44-,45-,46-,50+;;;;;/m1...../s1. The number of nitrogens with two attached hydrogens (primary N) is 1. The molecule has 17 atom stereocenters. The maximum atomic E-state index is 14.6. The molecule has 7 N–H and O–H groups in total. The highest BCUT2D eigenvalue weighted by Crippen LogP contribution is 2.57. The van der Waals surface area contributed by atoms with Crippen molar-refractivity contribution in [2.24, 2.45) is 88.6 Å². The fourth-order valence-corrected chi connectivity index (χ4v) is 19.1. The number of fused-ring (bicyclic) bond motifs is 10. The molecule has 10 unspecified atom stereocenters. The van der Waals surface area contributed by atoms with E-state index < -0.39 is 59.9 Å². The first-order valence-corrected chi connectivity index (χ1v) is 45.2. The van der Waals surface area contributed by atoms with Crippen LogP contribution in [0.4, 0.5) is 5.69 Å². The average Bonchev–Trinajstić information content (AvgIpc) is 1.56. The number of hydrogen-bond donors (Lipinski definition) is 6. The lowest BCUT2D eigenvalue weighted by atomic mass is 9.85. The Kier molecular flexibility index (Phi) is 37.3. The van der Waals surface area contributed by atoms with Gasteiger partial charge in [-0.15, -0.1) is 11.3 Å². The summed E-state index contributed by atoms with van der Waals surface area (Å²) in [6, 6.07) is 3.83. The van der Waals surface area contributed by atoms with E-state index in [9.17, 15) is 77.0 Å². The van der Waals surface area contributed by atoms with Gasteiger partial charge in [0.1, 0.15) is 22.8 Å². The van der Waals surface area contributed by atoms with Crippen molar-refractivity contribution in [1.82, 2.24) is 50.3 Å². The van der Waals surface area contributed by atoms with Gasteiger partial charge in [0.25, 0.3) is 29.5 Å². The predicted molar refractivity (Wildman–Crippen MR) is 476 cm³/mol. The van der Waals surface area contributed by atoms with Crippen LogP contribution in [0.1, 0.15) is 200 Å². The molecule has 2 saturated carbocycles. The number of hydrogen-bond acceptors (Lipinski definition) is 20. The van der Waals surface area contributed by atoms with Gasteiger partial charge in [0.2, 0.25) is 47.3 Å². The first kappa shape index (κ1) is 100.0. The highest BCUT2D eigenvalue weighted by atomic mass is 32.1. The molecule has 1 aromatic heterocycles. The maximum absolute atomic E-state index is 14.6. The van der Waals surface area contributed by atoms with E-state index in [2.05, 4.69) is 122 Å². The van der Waals surface area contributed by atoms with Crippen molar-refractivity contribution in [3.05, 3.63) is 142 Å². The normalized spacial score (nSPS) is 25.3. The Morgan fingerprint density at radius 1 is 0.664 bits per heavy atom. The molecule has 29 nitrogen and oxygen atoms in total. The van der Waals surface area contributed by atoms with Gasteiger partial charge in [0.15, 0.2) is 6.10 Å². The Morgan fingerprint density at radius 3 is 1.63 bits per heavy atom. The number of nitrogens with zero attached hydrogens (tertiary/aromatic N) is 7. The van der Waals surface area contributed by atoms with Gasteiger partial charge in [-0.2, -0.15) is 0 Å². The number of aliphatic carboxylic acids is 1. The number of carbonyl (C=O) groups is 15. The number of esters is 1. The van der Waals surface area contributed by atoms with Gasteiger partial charge in [-0.3, -0.25) is 96.4 Å². The van der Waals surface area contributed by atoms with Crippen LogP contribution < -0.4 is 27.0 Å². The smallest absolute Gasteiger partial charge is 0.306 e. The summed E-state index contributed by atoms with van der Waals surface area (Å²) in [5, 5.41) is 23.6. The summed E-state index contributed by atoms with van der Waals surface area (Å²) < 4.78 is 5.87. The number of ether oxygens (including phenoxy) is 1. The van der Waals surface area contributed by atoms with Crippen molar-refractivity contribution in [2.75, 3.05) is 59.7 Å². The van der Waals surface area contributed by atoms with Crippen LogP contribution in [-0.2, 0) is 78.3 Å². The molecule has 5 fully saturated rings. The SMILES string of the molecule is CC1=CC=CC1.CC1=CC=CC1.CC1C2C=CC1C1C(=O)N(C)C(=O)C21.CC1C2C=CC1C1C(=O)N(C)C(=O)C21.CCC(C)[C@H](NC(=O)[C@H]1C[C@H](C)CCN1C)C(=O)N(CC)[C@H](C[C@@H](OC(C)=O)c1nc(C(=O)N[C@@H](Cc2ccc(NC(=O)C(CCCCN)NC(=O)CCCCCN3C(=O)C=CC3=O)cc2)C[C@H](C)C(=O)O)cs1)C(C)C.CN1C(=O)C=CC1=O. The number of nitrogens with one attached hydrogen (secondary N) is 4. The number of unbranched alkanes of at least 4 members (excludes halogenated alkanes) is 3. The number of rotatable bonds is 32. The maximum Gasteiger partial charge on any atom is 0.306 e. The summed E-state index contributed by atoms with van der Waals surface area (Å²) in [5.41, 5.74) is 9.88. The molecule has 11 aliphatic rings. The lowest BCUT2D eigenvalue weighted by Crippen LogP contribution is -2.59. The van der Waals surface area contributed by atoms with Crippen LogP contribution in [0.25, 0.3) is 0 Å². The number of likely N-dealkylation sites (tertiary alicyclic amines) is 3. The van der Waals surface area contributed by atoms with Gasteiger partial charge in [-0.1, -0.05) is 152 Å². The van der Waals surface area contributed by atoms with E-state index in [-0.39, 0.29) is 144 Å². The van der Waals surface area contributed by atoms with Crippen LogP contribution in [-0.4, -0.2) is 213 Å².